The molecule has 28 heavy (non-hydrogen) atoms. The lowest BCUT2D eigenvalue weighted by Gasteiger charge is -2.30. The maximum absolute atomic E-state index is 13.0. The van der Waals surface area contributed by atoms with Crippen molar-refractivity contribution in [1.82, 2.24) is 10.2 Å². The lowest BCUT2D eigenvalue weighted by atomic mass is 9.86. The second kappa shape index (κ2) is 9.40. The third-order valence-electron chi connectivity index (χ3n) is 5.53. The number of carboxylic acid groups (broad SMARTS) is 1. The van der Waals surface area contributed by atoms with Crippen LogP contribution >= 0.6 is 0 Å². The molecular formula is C23H28N2O3. The molecule has 0 bridgehead atoms. The summed E-state index contributed by atoms with van der Waals surface area (Å²) in [6.07, 6.45) is 2.67. The summed E-state index contributed by atoms with van der Waals surface area (Å²) in [6.45, 7) is 3.13. The number of nitrogens with one attached hydrogen (secondary N) is 1. The van der Waals surface area contributed by atoms with Gasteiger partial charge in [-0.15, -0.1) is 0 Å². The van der Waals surface area contributed by atoms with Gasteiger partial charge in [0.25, 0.3) is 0 Å². The standard InChI is InChI=1S/C23H28N2O3/c1-17-7-5-6-10-20(17)16-25(15-18-8-3-2-4-9-18)23(28)24-21-13-11-19(12-14-21)22(26)27/h2-10,19,21H,11-16H2,1H3,(H,24,28)(H,26,27). The Morgan fingerprint density at radius 1 is 0.964 bits per heavy atom. The Bertz CT molecular complexity index is 799. The monoisotopic (exact) mass is 380 g/mol. The van der Waals surface area contributed by atoms with E-state index in [9.17, 15) is 9.59 Å². The first-order valence-corrected chi connectivity index (χ1v) is 9.89. The Labute approximate surface area is 166 Å². The van der Waals surface area contributed by atoms with E-state index in [4.69, 9.17) is 5.11 Å². The Morgan fingerprint density at radius 2 is 1.61 bits per heavy atom. The van der Waals surface area contributed by atoms with Crippen molar-refractivity contribution in [3.05, 3.63) is 71.3 Å². The lowest BCUT2D eigenvalue weighted by molar-refractivity contribution is -0.142. The summed E-state index contributed by atoms with van der Waals surface area (Å²) in [6, 6.07) is 18.0. The van der Waals surface area contributed by atoms with E-state index in [1.165, 1.54) is 0 Å². The van der Waals surface area contributed by atoms with Gasteiger partial charge >= 0.3 is 12.0 Å². The predicted molar refractivity (Wildman–Crippen MR) is 109 cm³/mol. The van der Waals surface area contributed by atoms with E-state index in [2.05, 4.69) is 24.4 Å². The van der Waals surface area contributed by atoms with Crippen molar-refractivity contribution < 1.29 is 14.7 Å². The average molecular weight is 380 g/mol. The zero-order valence-corrected chi connectivity index (χ0v) is 16.3. The molecule has 5 heteroatoms. The summed E-state index contributed by atoms with van der Waals surface area (Å²) in [5.41, 5.74) is 3.37. The first-order valence-electron chi connectivity index (χ1n) is 9.89. The molecule has 0 unspecified atom stereocenters. The lowest BCUT2D eigenvalue weighted by Crippen LogP contribution is -2.45. The number of carboxylic acids is 1. The molecular weight excluding hydrogens is 352 g/mol. The Hall–Kier alpha value is -2.82. The fourth-order valence-corrected chi connectivity index (χ4v) is 3.75. The van der Waals surface area contributed by atoms with Crippen molar-refractivity contribution in [2.45, 2.75) is 51.7 Å². The van der Waals surface area contributed by atoms with Crippen LogP contribution in [0.4, 0.5) is 4.79 Å². The van der Waals surface area contributed by atoms with E-state index in [1.54, 1.807) is 0 Å². The SMILES string of the molecule is Cc1ccccc1CN(Cc1ccccc1)C(=O)NC1CCC(C(=O)O)CC1. The minimum absolute atomic E-state index is 0.0400. The molecule has 0 spiro atoms. The normalized spacial score (nSPS) is 19.0. The molecule has 5 nitrogen and oxygen atoms in total. The maximum Gasteiger partial charge on any atom is 0.318 e. The zero-order valence-electron chi connectivity index (χ0n) is 16.3. The minimum Gasteiger partial charge on any atom is -0.481 e. The number of rotatable bonds is 6. The number of aliphatic carboxylic acids is 1. The Balaban J connectivity index is 1.68. The second-order valence-electron chi connectivity index (χ2n) is 7.60. The molecule has 2 amide bonds. The number of hydrogen-bond acceptors (Lipinski definition) is 2. The highest BCUT2D eigenvalue weighted by Gasteiger charge is 2.28. The number of urea groups is 1. The van der Waals surface area contributed by atoms with Crippen molar-refractivity contribution in [2.24, 2.45) is 5.92 Å². The molecule has 2 aromatic rings. The quantitative estimate of drug-likeness (QED) is 0.783. The number of carbonyl (C=O) groups is 2. The molecule has 0 saturated heterocycles. The molecule has 0 atom stereocenters. The van der Waals surface area contributed by atoms with Gasteiger partial charge in [-0.25, -0.2) is 4.79 Å². The zero-order chi connectivity index (χ0) is 19.9. The molecule has 1 saturated carbocycles. The summed E-state index contributed by atoms with van der Waals surface area (Å²) < 4.78 is 0. The molecule has 3 rings (SSSR count). The highest BCUT2D eigenvalue weighted by Crippen LogP contribution is 2.25. The number of benzene rings is 2. The number of amides is 2. The minimum atomic E-state index is -0.727. The summed E-state index contributed by atoms with van der Waals surface area (Å²) in [5, 5.41) is 12.3. The van der Waals surface area contributed by atoms with Gasteiger partial charge in [0.15, 0.2) is 0 Å². The fraction of sp³-hybridized carbons (Fsp3) is 0.391. The summed E-state index contributed by atoms with van der Waals surface area (Å²) >= 11 is 0. The molecule has 0 aromatic heterocycles. The van der Waals surface area contributed by atoms with Gasteiger partial charge in [-0.1, -0.05) is 54.6 Å². The largest absolute Gasteiger partial charge is 0.481 e. The first-order chi connectivity index (χ1) is 13.5. The van der Waals surface area contributed by atoms with Crippen LogP contribution < -0.4 is 5.32 Å². The van der Waals surface area contributed by atoms with Crippen LogP contribution in [-0.4, -0.2) is 28.0 Å². The van der Waals surface area contributed by atoms with Crippen molar-refractivity contribution in [1.29, 1.82) is 0 Å². The highest BCUT2D eigenvalue weighted by molar-refractivity contribution is 5.75. The number of hydrogen-bond donors (Lipinski definition) is 2. The highest BCUT2D eigenvalue weighted by atomic mass is 16.4. The second-order valence-corrected chi connectivity index (χ2v) is 7.60. The van der Waals surface area contributed by atoms with Gasteiger partial charge in [-0.05, 0) is 49.3 Å². The van der Waals surface area contributed by atoms with Crippen LogP contribution in [0, 0.1) is 12.8 Å². The molecule has 0 aliphatic heterocycles. The summed E-state index contributed by atoms with van der Waals surface area (Å²) in [7, 11) is 0. The number of carbonyl (C=O) groups excluding carboxylic acids is 1. The van der Waals surface area contributed by atoms with Gasteiger partial charge in [-0.2, -0.15) is 0 Å². The molecule has 2 N–H and O–H groups in total. The molecule has 1 aliphatic rings. The van der Waals surface area contributed by atoms with Gasteiger partial charge in [-0.3, -0.25) is 4.79 Å². The van der Waals surface area contributed by atoms with Gasteiger partial charge in [0.2, 0.25) is 0 Å². The van der Waals surface area contributed by atoms with Gasteiger partial charge < -0.3 is 15.3 Å². The number of aryl methyl sites for hydroxylation is 1. The maximum atomic E-state index is 13.0. The smallest absolute Gasteiger partial charge is 0.318 e. The molecule has 2 aromatic carbocycles. The van der Waals surface area contributed by atoms with Crippen LogP contribution in [0.5, 0.6) is 0 Å². The van der Waals surface area contributed by atoms with E-state index in [-0.39, 0.29) is 18.0 Å². The predicted octanol–water partition coefficient (Wildman–Crippen LogP) is 4.35. The van der Waals surface area contributed by atoms with Crippen LogP contribution in [0.1, 0.15) is 42.4 Å². The van der Waals surface area contributed by atoms with Crippen molar-refractivity contribution in [3.63, 3.8) is 0 Å². The topological polar surface area (TPSA) is 69.6 Å². The third-order valence-corrected chi connectivity index (χ3v) is 5.53. The van der Waals surface area contributed by atoms with Crippen LogP contribution in [0.2, 0.25) is 0 Å². The molecule has 0 radical (unpaired) electrons. The van der Waals surface area contributed by atoms with Crippen LogP contribution in [-0.2, 0) is 17.9 Å². The van der Waals surface area contributed by atoms with E-state index >= 15 is 0 Å². The van der Waals surface area contributed by atoms with Crippen LogP contribution in [0.25, 0.3) is 0 Å². The molecule has 1 aliphatic carbocycles. The summed E-state index contributed by atoms with van der Waals surface area (Å²) in [4.78, 5) is 26.0. The van der Waals surface area contributed by atoms with Crippen molar-refractivity contribution >= 4 is 12.0 Å². The Kier molecular flexibility index (Phi) is 6.69. The van der Waals surface area contributed by atoms with Crippen molar-refractivity contribution in [3.8, 4) is 0 Å². The van der Waals surface area contributed by atoms with Crippen LogP contribution in [0.15, 0.2) is 54.6 Å². The fourth-order valence-electron chi connectivity index (χ4n) is 3.75. The van der Waals surface area contributed by atoms with Gasteiger partial charge in [0.05, 0.1) is 5.92 Å². The summed E-state index contributed by atoms with van der Waals surface area (Å²) in [5.74, 6) is -1.00. The third kappa shape index (κ3) is 5.35. The van der Waals surface area contributed by atoms with E-state index in [1.807, 2.05) is 47.4 Å². The van der Waals surface area contributed by atoms with Gasteiger partial charge in [0, 0.05) is 19.1 Å². The van der Waals surface area contributed by atoms with Crippen LogP contribution in [0.3, 0.4) is 0 Å². The molecule has 0 heterocycles. The van der Waals surface area contributed by atoms with E-state index in [0.717, 1.165) is 16.7 Å². The Morgan fingerprint density at radius 3 is 2.25 bits per heavy atom. The van der Waals surface area contributed by atoms with E-state index < -0.39 is 5.97 Å². The molecule has 148 valence electrons. The van der Waals surface area contributed by atoms with Gasteiger partial charge in [0.1, 0.15) is 0 Å². The first kappa shape index (κ1) is 19.9. The number of nitrogens with zero attached hydrogens (tertiary/aromatic N) is 1. The molecule has 1 fully saturated rings. The average Bonchev–Trinajstić information content (AvgIpc) is 2.70. The van der Waals surface area contributed by atoms with Crippen molar-refractivity contribution in [2.75, 3.05) is 0 Å². The van der Waals surface area contributed by atoms with E-state index in [0.29, 0.717) is 38.8 Å².